The van der Waals surface area contributed by atoms with Gasteiger partial charge in [0.25, 0.3) is 0 Å². The molecule has 0 bridgehead atoms. The molecule has 0 radical (unpaired) electrons. The van der Waals surface area contributed by atoms with E-state index >= 15 is 0 Å². The molecule has 0 amide bonds. The first-order chi connectivity index (χ1) is 6.85. The third-order valence-corrected chi connectivity index (χ3v) is 3.12. The molecule has 1 aromatic heterocycles. The highest BCUT2D eigenvalue weighted by atomic mass is 28.3. The Hall–Kier alpha value is -1.01. The Morgan fingerprint density at radius 2 is 1.87 bits per heavy atom. The molecule has 0 atom stereocenters. The lowest BCUT2D eigenvalue weighted by Crippen LogP contribution is -2.16. The van der Waals surface area contributed by atoms with E-state index in [9.17, 15) is 0 Å². The molecule has 0 aliphatic heterocycles. The Morgan fingerprint density at radius 1 is 1.27 bits per heavy atom. The van der Waals surface area contributed by atoms with Gasteiger partial charge < -0.3 is 0 Å². The zero-order valence-corrected chi connectivity index (χ0v) is 11.6. The van der Waals surface area contributed by atoms with E-state index in [1.54, 1.807) is 0 Å². The minimum absolute atomic E-state index is 0.918. The molecule has 0 N–H and O–H groups in total. The lowest BCUT2D eigenvalue weighted by atomic mass is 10.2. The van der Waals surface area contributed by atoms with Crippen LogP contribution in [0, 0.1) is 25.3 Å². The number of hydrogen-bond donors (Lipinski definition) is 0. The van der Waals surface area contributed by atoms with Crippen molar-refractivity contribution in [1.82, 2.24) is 9.78 Å². The van der Waals surface area contributed by atoms with Crippen LogP contribution in [0.2, 0.25) is 19.6 Å². The Balaban J connectivity index is 3.14. The molecular formula is C12H20N2Si. The van der Waals surface area contributed by atoms with Crippen molar-refractivity contribution < 1.29 is 0 Å². The fourth-order valence-corrected chi connectivity index (χ4v) is 1.94. The van der Waals surface area contributed by atoms with Crippen LogP contribution in [0.1, 0.15) is 23.9 Å². The molecule has 82 valence electrons. The van der Waals surface area contributed by atoms with Crippen LogP contribution < -0.4 is 0 Å². The molecule has 0 saturated heterocycles. The molecule has 2 nitrogen and oxygen atoms in total. The van der Waals surface area contributed by atoms with Gasteiger partial charge in [0.05, 0.1) is 17.0 Å². The van der Waals surface area contributed by atoms with Crippen molar-refractivity contribution >= 4 is 8.07 Å². The molecule has 3 heteroatoms. The van der Waals surface area contributed by atoms with E-state index < -0.39 is 8.07 Å². The predicted molar refractivity (Wildman–Crippen MR) is 67.6 cm³/mol. The molecule has 1 aromatic rings. The minimum Gasteiger partial charge on any atom is -0.269 e. The van der Waals surface area contributed by atoms with Crippen LogP contribution >= 0.6 is 0 Å². The highest BCUT2D eigenvalue weighted by Gasteiger charge is 2.11. The first-order valence-electron chi connectivity index (χ1n) is 5.42. The second-order valence-electron chi connectivity index (χ2n) is 4.86. The van der Waals surface area contributed by atoms with E-state index in [4.69, 9.17) is 0 Å². The van der Waals surface area contributed by atoms with Crippen LogP contribution in [0.25, 0.3) is 0 Å². The fraction of sp³-hybridized carbons (Fsp3) is 0.583. The zero-order chi connectivity index (χ0) is 11.6. The van der Waals surface area contributed by atoms with Gasteiger partial charge in [-0.2, -0.15) is 5.10 Å². The largest absolute Gasteiger partial charge is 0.269 e. The summed E-state index contributed by atoms with van der Waals surface area (Å²) < 4.78 is 2.02. The second kappa shape index (κ2) is 4.24. The van der Waals surface area contributed by atoms with Gasteiger partial charge in [-0.3, -0.25) is 4.68 Å². The Morgan fingerprint density at radius 3 is 2.27 bits per heavy atom. The van der Waals surface area contributed by atoms with Crippen LogP contribution in [-0.2, 0) is 6.54 Å². The fourth-order valence-electron chi connectivity index (χ4n) is 1.44. The molecule has 0 saturated carbocycles. The lowest BCUT2D eigenvalue weighted by molar-refractivity contribution is 0.634. The van der Waals surface area contributed by atoms with E-state index in [-0.39, 0.29) is 0 Å². The van der Waals surface area contributed by atoms with Crippen LogP contribution in [0.3, 0.4) is 0 Å². The standard InChI is InChI=1S/C12H20N2Si/c1-7-14-11(3)12(10(2)13-14)8-9-15(4,5)6/h7H2,1-6H3. The average molecular weight is 220 g/mol. The summed E-state index contributed by atoms with van der Waals surface area (Å²) in [6, 6.07) is 0. The van der Waals surface area contributed by atoms with Crippen molar-refractivity contribution in [3.8, 4) is 11.5 Å². The predicted octanol–water partition coefficient (Wildman–Crippen LogP) is 2.75. The average Bonchev–Trinajstić information content (AvgIpc) is 2.37. The second-order valence-corrected chi connectivity index (χ2v) is 9.61. The molecule has 0 spiro atoms. The number of aryl methyl sites for hydroxylation is 2. The van der Waals surface area contributed by atoms with Gasteiger partial charge in [0, 0.05) is 6.54 Å². The highest BCUT2D eigenvalue weighted by molar-refractivity contribution is 6.83. The van der Waals surface area contributed by atoms with Crippen LogP contribution in [0.15, 0.2) is 0 Å². The third-order valence-electron chi connectivity index (χ3n) is 2.24. The number of aromatic nitrogens is 2. The Kier molecular flexibility index (Phi) is 3.41. The molecule has 15 heavy (non-hydrogen) atoms. The number of hydrogen-bond acceptors (Lipinski definition) is 1. The van der Waals surface area contributed by atoms with Crippen LogP contribution in [0.4, 0.5) is 0 Å². The van der Waals surface area contributed by atoms with Crippen LogP contribution in [0.5, 0.6) is 0 Å². The van der Waals surface area contributed by atoms with E-state index in [2.05, 4.69) is 50.1 Å². The van der Waals surface area contributed by atoms with Crippen molar-refractivity contribution in [2.24, 2.45) is 0 Å². The summed E-state index contributed by atoms with van der Waals surface area (Å²) in [5, 5.41) is 4.46. The lowest BCUT2D eigenvalue weighted by Gasteiger charge is -2.03. The highest BCUT2D eigenvalue weighted by Crippen LogP contribution is 2.11. The molecular weight excluding hydrogens is 200 g/mol. The Labute approximate surface area is 93.7 Å². The summed E-state index contributed by atoms with van der Waals surface area (Å²) in [5.41, 5.74) is 6.77. The molecule has 0 aliphatic rings. The van der Waals surface area contributed by atoms with Gasteiger partial charge in [0.1, 0.15) is 8.07 Å². The van der Waals surface area contributed by atoms with Gasteiger partial charge in [-0.15, -0.1) is 5.54 Å². The molecule has 1 rings (SSSR count). The summed E-state index contributed by atoms with van der Waals surface area (Å²) in [6.45, 7) is 13.9. The monoisotopic (exact) mass is 220 g/mol. The quantitative estimate of drug-likeness (QED) is 0.525. The summed E-state index contributed by atoms with van der Waals surface area (Å²) in [6.07, 6.45) is 0. The molecule has 0 aromatic carbocycles. The van der Waals surface area contributed by atoms with Gasteiger partial charge in [-0.1, -0.05) is 25.6 Å². The van der Waals surface area contributed by atoms with Gasteiger partial charge in [0.15, 0.2) is 0 Å². The number of rotatable bonds is 1. The summed E-state index contributed by atoms with van der Waals surface area (Å²) >= 11 is 0. The molecule has 0 unspecified atom stereocenters. The SMILES string of the molecule is CCn1nc(C)c(C#C[Si](C)(C)C)c1C. The van der Waals surface area contributed by atoms with Gasteiger partial charge in [-0.25, -0.2) is 0 Å². The molecule has 0 aliphatic carbocycles. The first-order valence-corrected chi connectivity index (χ1v) is 8.92. The smallest absolute Gasteiger partial charge is 0.129 e. The van der Waals surface area contributed by atoms with Crippen molar-refractivity contribution in [2.75, 3.05) is 0 Å². The van der Waals surface area contributed by atoms with Crippen molar-refractivity contribution in [1.29, 1.82) is 0 Å². The minimum atomic E-state index is -1.28. The van der Waals surface area contributed by atoms with E-state index in [0.717, 1.165) is 17.8 Å². The van der Waals surface area contributed by atoms with Crippen molar-refractivity contribution in [3.05, 3.63) is 17.0 Å². The molecule has 0 fully saturated rings. The zero-order valence-electron chi connectivity index (χ0n) is 10.6. The topological polar surface area (TPSA) is 17.8 Å². The first kappa shape index (κ1) is 12.1. The van der Waals surface area contributed by atoms with Crippen molar-refractivity contribution in [3.63, 3.8) is 0 Å². The van der Waals surface area contributed by atoms with Gasteiger partial charge >= 0.3 is 0 Å². The van der Waals surface area contributed by atoms with E-state index in [1.807, 2.05) is 11.6 Å². The third kappa shape index (κ3) is 2.97. The maximum absolute atomic E-state index is 4.46. The van der Waals surface area contributed by atoms with E-state index in [0.29, 0.717) is 0 Å². The number of nitrogens with zero attached hydrogens (tertiary/aromatic N) is 2. The van der Waals surface area contributed by atoms with Gasteiger partial charge in [0.2, 0.25) is 0 Å². The molecule has 1 heterocycles. The van der Waals surface area contributed by atoms with Crippen molar-refractivity contribution in [2.45, 2.75) is 47.0 Å². The summed E-state index contributed by atoms with van der Waals surface area (Å²) in [5.74, 6) is 3.30. The maximum Gasteiger partial charge on any atom is 0.129 e. The van der Waals surface area contributed by atoms with E-state index in [1.165, 1.54) is 5.69 Å². The Bertz CT molecular complexity index is 413. The van der Waals surface area contributed by atoms with Crippen LogP contribution in [-0.4, -0.2) is 17.9 Å². The summed E-state index contributed by atoms with van der Waals surface area (Å²) in [4.78, 5) is 0. The maximum atomic E-state index is 4.46. The normalized spacial score (nSPS) is 11.1. The summed E-state index contributed by atoms with van der Waals surface area (Å²) in [7, 11) is -1.28. The van der Waals surface area contributed by atoms with Gasteiger partial charge in [-0.05, 0) is 20.8 Å².